The second-order valence-electron chi connectivity index (χ2n) is 10.9. The molecule has 0 N–H and O–H groups in total. The van der Waals surface area contributed by atoms with Gasteiger partial charge in [-0.2, -0.15) is 0 Å². The number of hydrogen-bond donors (Lipinski definition) is 0. The van der Waals surface area contributed by atoms with E-state index in [1.807, 2.05) is 0 Å². The molecule has 2 amide bonds. The monoisotopic (exact) mass is 497 g/mol. The molecular weight excluding hydrogens is 458 g/mol. The molecule has 7 nitrogen and oxygen atoms in total. The largest absolute Gasteiger partial charge is 0.493 e. The molecule has 4 rings (SSSR count). The third-order valence-electron chi connectivity index (χ3n) is 7.60. The minimum Gasteiger partial charge on any atom is -0.493 e. The first-order valence-corrected chi connectivity index (χ1v) is 13.4. The molecular formula is C29H39NO6. The van der Waals surface area contributed by atoms with Crippen LogP contribution in [0, 0.1) is 5.92 Å². The van der Waals surface area contributed by atoms with Crippen LogP contribution in [0.1, 0.15) is 103 Å². The van der Waals surface area contributed by atoms with Gasteiger partial charge in [0.15, 0.2) is 0 Å². The highest BCUT2D eigenvalue weighted by Gasteiger charge is 2.46. The number of amides is 2. The number of hydroxylamine groups is 2. The molecule has 0 bridgehead atoms. The summed E-state index contributed by atoms with van der Waals surface area (Å²) in [5.41, 5.74) is 3.48. The molecule has 1 fully saturated rings. The summed E-state index contributed by atoms with van der Waals surface area (Å²) in [6.45, 7) is 9.10. The van der Waals surface area contributed by atoms with Crippen molar-refractivity contribution in [1.29, 1.82) is 0 Å². The Hall–Kier alpha value is -2.83. The highest BCUT2D eigenvalue weighted by atomic mass is 16.7. The molecule has 0 radical (unpaired) electrons. The molecule has 1 saturated heterocycles. The van der Waals surface area contributed by atoms with Crippen LogP contribution in [0.2, 0.25) is 0 Å². The molecule has 1 aliphatic carbocycles. The first kappa shape index (κ1) is 26.2. The zero-order valence-corrected chi connectivity index (χ0v) is 22.1. The molecule has 1 aromatic rings. The van der Waals surface area contributed by atoms with Crippen molar-refractivity contribution < 1.29 is 28.7 Å². The number of allylic oxidation sites excluding steroid dienone is 2. The third kappa shape index (κ3) is 5.76. The maximum atomic E-state index is 12.2. The summed E-state index contributed by atoms with van der Waals surface area (Å²) in [7, 11) is 0. The first-order chi connectivity index (χ1) is 17.2. The van der Waals surface area contributed by atoms with E-state index in [-0.39, 0.29) is 24.9 Å². The van der Waals surface area contributed by atoms with Crippen molar-refractivity contribution >= 4 is 17.8 Å². The Bertz CT molecular complexity index is 1030. The predicted octanol–water partition coefficient (Wildman–Crippen LogP) is 5.80. The lowest BCUT2D eigenvalue weighted by atomic mass is 9.67. The molecule has 0 spiro atoms. The second-order valence-corrected chi connectivity index (χ2v) is 10.9. The summed E-state index contributed by atoms with van der Waals surface area (Å²) >= 11 is 0. The van der Waals surface area contributed by atoms with Crippen LogP contribution in [-0.2, 0) is 25.6 Å². The van der Waals surface area contributed by atoms with E-state index < -0.39 is 17.8 Å². The van der Waals surface area contributed by atoms with Crippen LogP contribution in [0.4, 0.5) is 0 Å². The Labute approximate surface area is 214 Å². The van der Waals surface area contributed by atoms with Crippen molar-refractivity contribution in [3.63, 3.8) is 0 Å². The molecule has 0 saturated carbocycles. The fraction of sp³-hybridized carbons (Fsp3) is 0.621. The van der Waals surface area contributed by atoms with Gasteiger partial charge in [0.2, 0.25) is 0 Å². The normalized spacial score (nSPS) is 22.4. The van der Waals surface area contributed by atoms with Crippen molar-refractivity contribution in [2.24, 2.45) is 5.92 Å². The molecule has 36 heavy (non-hydrogen) atoms. The average molecular weight is 498 g/mol. The van der Waals surface area contributed by atoms with Crippen molar-refractivity contribution in [3.8, 4) is 11.5 Å². The van der Waals surface area contributed by atoms with Crippen molar-refractivity contribution in [3.05, 3.63) is 34.9 Å². The lowest BCUT2D eigenvalue weighted by molar-refractivity contribution is -0.197. The number of fused-ring (bicyclic) bond motifs is 3. The smallest absolute Gasteiger partial charge is 0.333 e. The van der Waals surface area contributed by atoms with Gasteiger partial charge in [-0.3, -0.25) is 9.59 Å². The van der Waals surface area contributed by atoms with Gasteiger partial charge < -0.3 is 14.3 Å². The molecule has 7 heteroatoms. The van der Waals surface area contributed by atoms with Gasteiger partial charge in [0, 0.05) is 30.2 Å². The quantitative estimate of drug-likeness (QED) is 0.231. The van der Waals surface area contributed by atoms with Gasteiger partial charge in [0.05, 0.1) is 13.0 Å². The van der Waals surface area contributed by atoms with Gasteiger partial charge in [0.1, 0.15) is 17.1 Å². The Morgan fingerprint density at radius 1 is 1.14 bits per heavy atom. The number of ether oxygens (including phenoxy) is 2. The van der Waals surface area contributed by atoms with Crippen LogP contribution in [0.15, 0.2) is 23.8 Å². The van der Waals surface area contributed by atoms with Gasteiger partial charge in [-0.15, -0.1) is 5.06 Å². The van der Waals surface area contributed by atoms with Crippen LogP contribution in [0.3, 0.4) is 0 Å². The van der Waals surface area contributed by atoms with E-state index in [9.17, 15) is 14.4 Å². The van der Waals surface area contributed by atoms with Crippen molar-refractivity contribution in [2.45, 2.75) is 103 Å². The topological polar surface area (TPSA) is 82.1 Å². The molecule has 2 aliphatic heterocycles. The number of benzene rings is 1. The van der Waals surface area contributed by atoms with E-state index >= 15 is 0 Å². The Morgan fingerprint density at radius 2 is 1.89 bits per heavy atom. The van der Waals surface area contributed by atoms with E-state index in [0.29, 0.717) is 29.9 Å². The number of imide groups is 1. The average Bonchev–Trinajstić information content (AvgIpc) is 3.13. The van der Waals surface area contributed by atoms with Crippen molar-refractivity contribution in [1.82, 2.24) is 5.06 Å². The summed E-state index contributed by atoms with van der Waals surface area (Å²) < 4.78 is 12.9. The van der Waals surface area contributed by atoms with Gasteiger partial charge in [-0.1, -0.05) is 31.4 Å². The maximum absolute atomic E-state index is 12.2. The van der Waals surface area contributed by atoms with Crippen LogP contribution in [0.25, 0.3) is 0 Å². The Morgan fingerprint density at radius 3 is 2.61 bits per heavy atom. The highest BCUT2D eigenvalue weighted by Crippen LogP contribution is 2.54. The number of unbranched alkanes of at least 4 members (excludes halogenated alkanes) is 2. The summed E-state index contributed by atoms with van der Waals surface area (Å²) in [5, 5.41) is 0.595. The number of carbonyl (C=O) groups excluding carboxylic acids is 3. The van der Waals surface area contributed by atoms with Gasteiger partial charge in [0.25, 0.3) is 11.8 Å². The molecule has 1 aromatic carbocycles. The maximum Gasteiger partial charge on any atom is 0.333 e. The molecule has 0 unspecified atom stereocenters. The number of aryl methyl sites for hydroxylation is 1. The van der Waals surface area contributed by atoms with Crippen LogP contribution < -0.4 is 9.47 Å². The fourth-order valence-electron chi connectivity index (χ4n) is 5.65. The minimum atomic E-state index is -0.601. The van der Waals surface area contributed by atoms with Crippen LogP contribution >= 0.6 is 0 Å². The summed E-state index contributed by atoms with van der Waals surface area (Å²) in [5.74, 6) is 0.924. The van der Waals surface area contributed by atoms with E-state index in [1.54, 1.807) is 0 Å². The third-order valence-corrected chi connectivity index (χ3v) is 7.60. The van der Waals surface area contributed by atoms with E-state index in [0.717, 1.165) is 49.2 Å². The molecule has 0 aromatic heterocycles. The van der Waals surface area contributed by atoms with Gasteiger partial charge in [-0.25, -0.2) is 4.79 Å². The lowest BCUT2D eigenvalue weighted by Gasteiger charge is -2.47. The van der Waals surface area contributed by atoms with E-state index in [2.05, 4.69) is 45.9 Å². The Balaban J connectivity index is 1.48. The summed E-state index contributed by atoms with van der Waals surface area (Å²) in [6, 6.07) is 4.35. The Kier molecular flexibility index (Phi) is 8.06. The van der Waals surface area contributed by atoms with Gasteiger partial charge in [-0.05, 0) is 70.6 Å². The predicted molar refractivity (Wildman–Crippen MR) is 136 cm³/mol. The summed E-state index contributed by atoms with van der Waals surface area (Å²) in [4.78, 5) is 40.5. The number of hydrogen-bond acceptors (Lipinski definition) is 6. The molecule has 2 atom stereocenters. The SMILES string of the molecule is CCCCCc1cc(OCCCC(=O)ON2C(=O)CCC2=O)c2c(c1)OC(C)(C)[C@@H]1CC=C(C)C[C@@H]21. The first-order valence-electron chi connectivity index (χ1n) is 13.4. The summed E-state index contributed by atoms with van der Waals surface area (Å²) in [6.07, 6.45) is 9.39. The van der Waals surface area contributed by atoms with E-state index in [1.165, 1.54) is 17.6 Å². The molecule has 2 heterocycles. The standard InChI is InChI=1S/C29H39NO6/c1-5-6-7-9-20-17-23(34-15-8-10-27(33)36-30-25(31)13-14-26(30)32)28-21-16-19(2)11-12-22(21)29(3,4)35-24(28)18-20/h11,17-18,21-22H,5-10,12-16H2,1-4H3/t21-,22-/m1/s1. The number of nitrogens with zero attached hydrogens (tertiary/aromatic N) is 1. The fourth-order valence-corrected chi connectivity index (χ4v) is 5.65. The zero-order chi connectivity index (χ0) is 25.9. The van der Waals surface area contributed by atoms with Crippen molar-refractivity contribution in [2.75, 3.05) is 6.61 Å². The lowest BCUT2D eigenvalue weighted by Crippen LogP contribution is -2.45. The minimum absolute atomic E-state index is 0.0624. The number of carbonyl (C=O) groups is 3. The number of rotatable bonds is 10. The molecule has 3 aliphatic rings. The van der Waals surface area contributed by atoms with E-state index in [4.69, 9.17) is 14.3 Å². The highest BCUT2D eigenvalue weighted by molar-refractivity contribution is 6.01. The van der Waals surface area contributed by atoms with Crippen LogP contribution in [-0.4, -0.2) is 35.1 Å². The van der Waals surface area contributed by atoms with Crippen LogP contribution in [0.5, 0.6) is 11.5 Å². The second kappa shape index (κ2) is 11.1. The molecule has 196 valence electrons. The zero-order valence-electron chi connectivity index (χ0n) is 22.1. The van der Waals surface area contributed by atoms with Gasteiger partial charge >= 0.3 is 5.97 Å².